The van der Waals surface area contributed by atoms with E-state index in [0.29, 0.717) is 6.42 Å². The predicted molar refractivity (Wildman–Crippen MR) is 75.7 cm³/mol. The topological polar surface area (TPSA) is 49.3 Å². The second kappa shape index (κ2) is 9.00. The highest BCUT2D eigenvalue weighted by Gasteiger charge is 2.06. The van der Waals surface area contributed by atoms with Crippen LogP contribution in [-0.2, 0) is 4.79 Å². The van der Waals surface area contributed by atoms with Crippen LogP contribution in [0.3, 0.4) is 0 Å². The van der Waals surface area contributed by atoms with Crippen LogP contribution in [0.1, 0.15) is 26.2 Å². The summed E-state index contributed by atoms with van der Waals surface area (Å²) in [5.41, 5.74) is 0. The van der Waals surface area contributed by atoms with Gasteiger partial charge in [0.1, 0.15) is 0 Å². The molecular weight excluding hydrogens is 246 g/mol. The van der Waals surface area contributed by atoms with E-state index in [0.717, 1.165) is 18.6 Å². The normalized spacial score (nSPS) is 12.1. The fraction of sp³-hybridized carbons (Fsp3) is 0.500. The minimum absolute atomic E-state index is 0.0869. The molecule has 1 amide bonds. The SMILES string of the molecule is CC(CCCO)NC(=O)CCSc1ccccc1. The summed E-state index contributed by atoms with van der Waals surface area (Å²) in [6.07, 6.45) is 2.09. The first-order chi connectivity index (χ1) is 8.72. The zero-order chi connectivity index (χ0) is 13.2. The molecule has 0 aromatic heterocycles. The molecule has 0 saturated heterocycles. The maximum absolute atomic E-state index is 11.6. The minimum Gasteiger partial charge on any atom is -0.396 e. The maximum atomic E-state index is 11.6. The van der Waals surface area contributed by atoms with Crippen LogP contribution in [0.5, 0.6) is 0 Å². The average molecular weight is 267 g/mol. The van der Waals surface area contributed by atoms with Crippen LogP contribution in [-0.4, -0.2) is 29.4 Å². The molecule has 1 unspecified atom stereocenters. The van der Waals surface area contributed by atoms with Crippen molar-refractivity contribution in [1.82, 2.24) is 5.32 Å². The number of thioether (sulfide) groups is 1. The third-order valence-corrected chi connectivity index (χ3v) is 3.56. The molecule has 0 fully saturated rings. The van der Waals surface area contributed by atoms with Gasteiger partial charge in [-0.05, 0) is 31.9 Å². The number of benzene rings is 1. The lowest BCUT2D eigenvalue weighted by Gasteiger charge is -2.12. The van der Waals surface area contributed by atoms with E-state index in [2.05, 4.69) is 5.32 Å². The van der Waals surface area contributed by atoms with E-state index in [9.17, 15) is 4.79 Å². The summed E-state index contributed by atoms with van der Waals surface area (Å²) in [5, 5.41) is 11.6. The number of aliphatic hydroxyl groups excluding tert-OH is 1. The van der Waals surface area contributed by atoms with Crippen LogP contribution in [0, 0.1) is 0 Å². The van der Waals surface area contributed by atoms with Crippen molar-refractivity contribution in [2.24, 2.45) is 0 Å². The van der Waals surface area contributed by atoms with Crippen LogP contribution in [0.4, 0.5) is 0 Å². The number of hydrogen-bond acceptors (Lipinski definition) is 3. The molecule has 4 heteroatoms. The fourth-order valence-electron chi connectivity index (χ4n) is 1.59. The first-order valence-electron chi connectivity index (χ1n) is 6.30. The quantitative estimate of drug-likeness (QED) is 0.711. The Kier molecular flexibility index (Phi) is 7.53. The molecular formula is C14H21NO2S. The van der Waals surface area contributed by atoms with E-state index in [4.69, 9.17) is 5.11 Å². The lowest BCUT2D eigenvalue weighted by atomic mass is 10.2. The molecule has 3 nitrogen and oxygen atoms in total. The first kappa shape index (κ1) is 15.1. The second-order valence-electron chi connectivity index (χ2n) is 4.25. The summed E-state index contributed by atoms with van der Waals surface area (Å²) in [6.45, 7) is 2.15. The zero-order valence-corrected chi connectivity index (χ0v) is 11.6. The molecule has 0 aliphatic carbocycles. The molecule has 1 aromatic rings. The van der Waals surface area contributed by atoms with E-state index in [1.165, 1.54) is 4.90 Å². The van der Waals surface area contributed by atoms with Crippen LogP contribution in [0.2, 0.25) is 0 Å². The van der Waals surface area contributed by atoms with Gasteiger partial charge in [-0.25, -0.2) is 0 Å². The highest BCUT2D eigenvalue weighted by molar-refractivity contribution is 7.99. The van der Waals surface area contributed by atoms with Gasteiger partial charge in [0.2, 0.25) is 5.91 Å². The van der Waals surface area contributed by atoms with Gasteiger partial charge in [0, 0.05) is 29.7 Å². The Bertz CT molecular complexity index is 343. The standard InChI is InChI=1S/C14H21NO2S/c1-12(6-5-10-16)15-14(17)9-11-18-13-7-3-2-4-8-13/h2-4,7-8,12,16H,5-6,9-11H2,1H3,(H,15,17). The van der Waals surface area contributed by atoms with Gasteiger partial charge < -0.3 is 10.4 Å². The van der Waals surface area contributed by atoms with Crippen LogP contribution >= 0.6 is 11.8 Å². The lowest BCUT2D eigenvalue weighted by molar-refractivity contribution is -0.121. The smallest absolute Gasteiger partial charge is 0.221 e. The summed E-state index contributed by atoms with van der Waals surface area (Å²) in [5.74, 6) is 0.881. The Labute approximate surface area is 113 Å². The van der Waals surface area contributed by atoms with Crippen LogP contribution in [0.15, 0.2) is 35.2 Å². The largest absolute Gasteiger partial charge is 0.396 e. The van der Waals surface area contributed by atoms with Gasteiger partial charge in [0.05, 0.1) is 0 Å². The summed E-state index contributed by atoms with van der Waals surface area (Å²) in [4.78, 5) is 12.8. The Morgan fingerprint density at radius 1 is 1.39 bits per heavy atom. The average Bonchev–Trinajstić information content (AvgIpc) is 2.37. The monoisotopic (exact) mass is 267 g/mol. The van der Waals surface area contributed by atoms with Crippen LogP contribution < -0.4 is 5.32 Å². The maximum Gasteiger partial charge on any atom is 0.221 e. The van der Waals surface area contributed by atoms with Crippen molar-refractivity contribution >= 4 is 17.7 Å². The second-order valence-corrected chi connectivity index (χ2v) is 5.41. The fourth-order valence-corrected chi connectivity index (χ4v) is 2.47. The van der Waals surface area contributed by atoms with Gasteiger partial charge in [-0.2, -0.15) is 0 Å². The van der Waals surface area contributed by atoms with E-state index in [-0.39, 0.29) is 18.6 Å². The molecule has 1 rings (SSSR count). The van der Waals surface area contributed by atoms with E-state index >= 15 is 0 Å². The van der Waals surface area contributed by atoms with Crippen molar-refractivity contribution < 1.29 is 9.90 Å². The Hall–Kier alpha value is -1.00. The molecule has 2 N–H and O–H groups in total. The molecule has 1 atom stereocenters. The van der Waals surface area contributed by atoms with Gasteiger partial charge in [-0.1, -0.05) is 18.2 Å². The number of amides is 1. The van der Waals surface area contributed by atoms with Crippen molar-refractivity contribution in [3.63, 3.8) is 0 Å². The number of nitrogens with one attached hydrogen (secondary N) is 1. The number of hydrogen-bond donors (Lipinski definition) is 2. The lowest BCUT2D eigenvalue weighted by Crippen LogP contribution is -2.32. The van der Waals surface area contributed by atoms with Gasteiger partial charge in [0.15, 0.2) is 0 Å². The molecule has 0 saturated carbocycles. The third-order valence-electron chi connectivity index (χ3n) is 2.54. The first-order valence-corrected chi connectivity index (χ1v) is 7.29. The molecule has 0 bridgehead atoms. The Balaban J connectivity index is 2.13. The minimum atomic E-state index is 0.0869. The van der Waals surface area contributed by atoms with E-state index < -0.39 is 0 Å². The van der Waals surface area contributed by atoms with E-state index in [1.54, 1.807) is 11.8 Å². The third kappa shape index (κ3) is 6.67. The number of carbonyl (C=O) groups is 1. The predicted octanol–water partition coefficient (Wildman–Crippen LogP) is 2.45. The Morgan fingerprint density at radius 2 is 2.11 bits per heavy atom. The summed E-state index contributed by atoms with van der Waals surface area (Å²) in [6, 6.07) is 10.2. The number of rotatable bonds is 8. The molecule has 1 aromatic carbocycles. The van der Waals surface area contributed by atoms with Crippen molar-refractivity contribution in [2.75, 3.05) is 12.4 Å². The van der Waals surface area contributed by atoms with Gasteiger partial charge in [-0.15, -0.1) is 11.8 Å². The number of aliphatic hydroxyl groups is 1. The van der Waals surface area contributed by atoms with Crippen molar-refractivity contribution in [3.05, 3.63) is 30.3 Å². The van der Waals surface area contributed by atoms with Gasteiger partial charge in [-0.3, -0.25) is 4.79 Å². The highest BCUT2D eigenvalue weighted by Crippen LogP contribution is 2.17. The van der Waals surface area contributed by atoms with Crippen molar-refractivity contribution in [1.29, 1.82) is 0 Å². The zero-order valence-electron chi connectivity index (χ0n) is 10.8. The summed E-state index contributed by atoms with van der Waals surface area (Å²) >= 11 is 1.69. The van der Waals surface area contributed by atoms with Gasteiger partial charge in [0.25, 0.3) is 0 Å². The molecule has 0 aliphatic heterocycles. The summed E-state index contributed by atoms with van der Waals surface area (Å²) < 4.78 is 0. The Morgan fingerprint density at radius 3 is 2.78 bits per heavy atom. The molecule has 0 heterocycles. The molecule has 0 spiro atoms. The van der Waals surface area contributed by atoms with E-state index in [1.807, 2.05) is 37.3 Å². The molecule has 0 aliphatic rings. The van der Waals surface area contributed by atoms with Crippen LogP contribution in [0.25, 0.3) is 0 Å². The number of carbonyl (C=O) groups excluding carboxylic acids is 1. The van der Waals surface area contributed by atoms with Gasteiger partial charge >= 0.3 is 0 Å². The molecule has 18 heavy (non-hydrogen) atoms. The van der Waals surface area contributed by atoms with Crippen molar-refractivity contribution in [2.45, 2.75) is 37.1 Å². The molecule has 0 radical (unpaired) electrons. The molecule has 100 valence electrons. The van der Waals surface area contributed by atoms with Crippen molar-refractivity contribution in [3.8, 4) is 0 Å². The summed E-state index contributed by atoms with van der Waals surface area (Å²) in [7, 11) is 0. The highest BCUT2D eigenvalue weighted by atomic mass is 32.2.